The summed E-state index contributed by atoms with van der Waals surface area (Å²) in [6.45, 7) is 1.98. The monoisotopic (exact) mass is 481 g/mol. The number of hydrogen-bond donors (Lipinski definition) is 2. The molecule has 5 rings (SSSR count). The van der Waals surface area contributed by atoms with Crippen molar-refractivity contribution >= 4 is 23.3 Å². The van der Waals surface area contributed by atoms with E-state index in [2.05, 4.69) is 21.2 Å². The maximum atomic E-state index is 12.4. The predicted octanol–water partition coefficient (Wildman–Crippen LogP) is 3.55. The molecule has 1 spiro atoms. The summed E-state index contributed by atoms with van der Waals surface area (Å²) in [4.78, 5) is 14.5. The van der Waals surface area contributed by atoms with E-state index >= 15 is 0 Å². The van der Waals surface area contributed by atoms with Gasteiger partial charge >= 0.3 is 0 Å². The highest BCUT2D eigenvalue weighted by Crippen LogP contribution is 2.53. The average molecular weight is 482 g/mol. The highest BCUT2D eigenvalue weighted by molar-refractivity contribution is 6.31. The van der Waals surface area contributed by atoms with Gasteiger partial charge in [0.1, 0.15) is 17.4 Å². The van der Waals surface area contributed by atoms with E-state index in [1.54, 1.807) is 18.2 Å². The van der Waals surface area contributed by atoms with Crippen molar-refractivity contribution in [2.45, 2.75) is 50.5 Å². The fraction of sp³-hybridized carbons (Fsp3) is 0.520. The fourth-order valence-electron chi connectivity index (χ4n) is 5.97. The van der Waals surface area contributed by atoms with Crippen LogP contribution in [0.5, 0.6) is 5.75 Å². The van der Waals surface area contributed by atoms with E-state index in [-0.39, 0.29) is 17.7 Å². The van der Waals surface area contributed by atoms with Crippen LogP contribution in [-0.2, 0) is 5.60 Å². The summed E-state index contributed by atoms with van der Waals surface area (Å²) in [5.74, 6) is 1.01. The number of nitriles is 1. The van der Waals surface area contributed by atoms with Crippen molar-refractivity contribution in [3.05, 3.63) is 46.1 Å². The van der Waals surface area contributed by atoms with E-state index in [9.17, 15) is 15.2 Å². The Kier molecular flexibility index (Phi) is 5.86. The standard InChI is InChI=1S/C25H28ClN5O3/c26-20-8-18(5-4-17(20)12-27)34-25(6-2-1-3-7-25)19-9-21(29-30-22(19)23(28)33)31-14-24(15-31)10-16(11-24)13-32/h4-5,8-9,16,32H,1-3,6-7,10-11,13-15H2,(H2,28,33). The smallest absolute Gasteiger partial charge is 0.269 e. The van der Waals surface area contributed by atoms with E-state index in [1.165, 1.54) is 0 Å². The third-order valence-corrected chi connectivity index (χ3v) is 7.93. The summed E-state index contributed by atoms with van der Waals surface area (Å²) >= 11 is 6.26. The number of hydrogen-bond acceptors (Lipinski definition) is 7. The van der Waals surface area contributed by atoms with Crippen LogP contribution in [-0.4, -0.2) is 40.9 Å². The molecule has 1 aliphatic heterocycles. The Balaban J connectivity index is 1.48. The number of aromatic nitrogens is 2. The number of aliphatic hydroxyl groups is 1. The Morgan fingerprint density at radius 2 is 1.97 bits per heavy atom. The second-order valence-corrected chi connectivity index (χ2v) is 10.5. The van der Waals surface area contributed by atoms with Gasteiger partial charge in [-0.2, -0.15) is 5.26 Å². The molecule has 2 aliphatic carbocycles. The molecule has 3 N–H and O–H groups in total. The van der Waals surface area contributed by atoms with Crippen molar-refractivity contribution < 1.29 is 14.6 Å². The highest BCUT2D eigenvalue weighted by atomic mass is 35.5. The minimum atomic E-state index is -0.786. The first-order chi connectivity index (χ1) is 16.4. The molecule has 178 valence electrons. The zero-order valence-electron chi connectivity index (χ0n) is 19.0. The van der Waals surface area contributed by atoms with Crippen molar-refractivity contribution in [1.82, 2.24) is 10.2 Å². The van der Waals surface area contributed by atoms with Gasteiger partial charge < -0.3 is 20.5 Å². The Bertz CT molecular complexity index is 1140. The van der Waals surface area contributed by atoms with Crippen LogP contribution in [0.25, 0.3) is 0 Å². The van der Waals surface area contributed by atoms with Crippen molar-refractivity contribution in [3.63, 3.8) is 0 Å². The molecule has 0 radical (unpaired) electrons. The number of anilines is 1. The number of primary amides is 1. The number of ether oxygens (including phenoxy) is 1. The van der Waals surface area contributed by atoms with Crippen LogP contribution in [0.15, 0.2) is 24.3 Å². The van der Waals surface area contributed by atoms with Gasteiger partial charge in [-0.25, -0.2) is 0 Å². The Labute approximate surface area is 203 Å². The molecule has 0 bridgehead atoms. The topological polar surface area (TPSA) is 125 Å². The van der Waals surface area contributed by atoms with Crippen molar-refractivity contribution in [2.24, 2.45) is 17.1 Å². The largest absolute Gasteiger partial charge is 0.482 e. The van der Waals surface area contributed by atoms with Gasteiger partial charge in [0, 0.05) is 36.7 Å². The fourth-order valence-corrected chi connectivity index (χ4v) is 6.18. The van der Waals surface area contributed by atoms with Crippen molar-refractivity contribution in [1.29, 1.82) is 5.26 Å². The third-order valence-electron chi connectivity index (χ3n) is 7.62. The van der Waals surface area contributed by atoms with Gasteiger partial charge in [-0.05, 0) is 62.6 Å². The lowest BCUT2D eigenvalue weighted by Gasteiger charge is -2.59. The molecule has 1 aromatic carbocycles. The lowest BCUT2D eigenvalue weighted by atomic mass is 9.58. The molecule has 0 atom stereocenters. The predicted molar refractivity (Wildman–Crippen MR) is 127 cm³/mol. The van der Waals surface area contributed by atoms with Crippen LogP contribution in [0.3, 0.4) is 0 Å². The molecule has 2 aromatic rings. The van der Waals surface area contributed by atoms with E-state index < -0.39 is 11.5 Å². The van der Waals surface area contributed by atoms with Gasteiger partial charge in [0.05, 0.1) is 10.6 Å². The van der Waals surface area contributed by atoms with Gasteiger partial charge in [0.2, 0.25) is 0 Å². The summed E-state index contributed by atoms with van der Waals surface area (Å²) in [6, 6.07) is 8.98. The molecule has 8 nitrogen and oxygen atoms in total. The normalized spacial score (nSPS) is 20.8. The third kappa shape index (κ3) is 3.97. The number of amides is 1. The van der Waals surface area contributed by atoms with Crippen LogP contribution in [0.2, 0.25) is 5.02 Å². The average Bonchev–Trinajstić information content (AvgIpc) is 2.78. The molecule has 9 heteroatoms. The van der Waals surface area contributed by atoms with Gasteiger partial charge in [0.25, 0.3) is 5.91 Å². The lowest BCUT2D eigenvalue weighted by molar-refractivity contribution is -0.00706. The first-order valence-corrected chi connectivity index (χ1v) is 12.2. The molecule has 1 amide bonds. The number of halogens is 1. The van der Waals surface area contributed by atoms with E-state index in [0.29, 0.717) is 46.5 Å². The van der Waals surface area contributed by atoms with Crippen molar-refractivity contribution in [3.8, 4) is 11.8 Å². The molecule has 34 heavy (non-hydrogen) atoms. The highest BCUT2D eigenvalue weighted by Gasteiger charge is 2.52. The first-order valence-electron chi connectivity index (χ1n) is 11.8. The molecule has 0 unspecified atom stereocenters. The SMILES string of the molecule is N#Cc1ccc(OC2(c3cc(N4CC5(CC(CO)C5)C4)nnc3C(N)=O)CCCCC2)cc1Cl. The quantitative estimate of drug-likeness (QED) is 0.646. The molecule has 1 aromatic heterocycles. The minimum Gasteiger partial charge on any atom is -0.482 e. The summed E-state index contributed by atoms with van der Waals surface area (Å²) in [5, 5.41) is 27.5. The summed E-state index contributed by atoms with van der Waals surface area (Å²) in [7, 11) is 0. The second kappa shape index (κ2) is 8.71. The van der Waals surface area contributed by atoms with Gasteiger partial charge in [-0.3, -0.25) is 4.79 Å². The number of carbonyl (C=O) groups excluding carboxylic acids is 1. The summed E-state index contributed by atoms with van der Waals surface area (Å²) in [5.41, 5.74) is 6.36. The number of rotatable bonds is 6. The molecule has 2 heterocycles. The van der Waals surface area contributed by atoms with Crippen LogP contribution >= 0.6 is 11.6 Å². The maximum absolute atomic E-state index is 12.4. The van der Waals surface area contributed by atoms with E-state index in [0.717, 1.165) is 45.2 Å². The summed E-state index contributed by atoms with van der Waals surface area (Å²) < 4.78 is 6.57. The number of aliphatic hydroxyl groups excluding tert-OH is 1. The Hall–Kier alpha value is -2.89. The number of carbonyl (C=O) groups is 1. The number of nitrogens with two attached hydrogens (primary N) is 1. The van der Waals surface area contributed by atoms with E-state index in [4.69, 9.17) is 22.1 Å². The zero-order chi connectivity index (χ0) is 23.9. The minimum absolute atomic E-state index is 0.129. The number of nitrogens with zero attached hydrogens (tertiary/aromatic N) is 4. The van der Waals surface area contributed by atoms with E-state index in [1.807, 2.05) is 6.07 Å². The van der Waals surface area contributed by atoms with Crippen LogP contribution < -0.4 is 15.4 Å². The zero-order valence-corrected chi connectivity index (χ0v) is 19.7. The molecular weight excluding hydrogens is 454 g/mol. The molecule has 1 saturated heterocycles. The maximum Gasteiger partial charge on any atom is 0.269 e. The first kappa shape index (κ1) is 22.9. The molecule has 3 fully saturated rings. The van der Waals surface area contributed by atoms with Crippen LogP contribution in [0.4, 0.5) is 5.82 Å². The Morgan fingerprint density at radius 3 is 2.59 bits per heavy atom. The second-order valence-electron chi connectivity index (χ2n) is 10.1. The lowest BCUT2D eigenvalue weighted by Crippen LogP contribution is -2.63. The molecule has 3 aliphatic rings. The summed E-state index contributed by atoms with van der Waals surface area (Å²) in [6.07, 6.45) is 6.44. The Morgan fingerprint density at radius 1 is 1.24 bits per heavy atom. The molecule has 2 saturated carbocycles. The number of benzene rings is 1. The van der Waals surface area contributed by atoms with Gasteiger partial charge in [-0.1, -0.05) is 18.0 Å². The van der Waals surface area contributed by atoms with Crippen molar-refractivity contribution in [2.75, 3.05) is 24.6 Å². The molecular formula is C25H28ClN5O3. The van der Waals surface area contributed by atoms with Crippen LogP contribution in [0, 0.1) is 22.7 Å². The van der Waals surface area contributed by atoms with Crippen LogP contribution in [0.1, 0.15) is 66.6 Å². The van der Waals surface area contributed by atoms with Gasteiger partial charge in [0.15, 0.2) is 11.5 Å². The van der Waals surface area contributed by atoms with Gasteiger partial charge in [-0.15, -0.1) is 10.2 Å².